The maximum Gasteiger partial charge on any atom is 0.0483 e. The van der Waals surface area contributed by atoms with E-state index in [-0.39, 0.29) is 0 Å². The number of hydrogen-bond acceptors (Lipinski definition) is 0. The van der Waals surface area contributed by atoms with E-state index in [0.29, 0.717) is 0 Å². The second-order valence-electron chi connectivity index (χ2n) is 5.42. The van der Waals surface area contributed by atoms with Crippen molar-refractivity contribution in [2.75, 3.05) is 0 Å². The van der Waals surface area contributed by atoms with Crippen molar-refractivity contribution in [1.82, 2.24) is 0 Å². The molecule has 0 radical (unpaired) electrons. The molecule has 0 fully saturated rings. The van der Waals surface area contributed by atoms with Crippen LogP contribution in [0.5, 0.6) is 0 Å². The standard InChI is InChI=1S/C13H18Si/c1-14(2,3)10-11-8-12-6-4-5-7-13(12)9-11/h4-8H,9-10H2,1-3H3. The van der Waals surface area contributed by atoms with E-state index >= 15 is 0 Å². The van der Waals surface area contributed by atoms with Crippen molar-refractivity contribution in [2.24, 2.45) is 0 Å². The second kappa shape index (κ2) is 3.39. The lowest BCUT2D eigenvalue weighted by atomic mass is 10.1. The zero-order valence-electron chi connectivity index (χ0n) is 9.30. The van der Waals surface area contributed by atoms with Crippen LogP contribution in [0, 0.1) is 0 Å². The molecule has 0 aromatic heterocycles. The van der Waals surface area contributed by atoms with E-state index in [4.69, 9.17) is 0 Å². The van der Waals surface area contributed by atoms with Crippen LogP contribution in [0.1, 0.15) is 11.1 Å². The second-order valence-corrected chi connectivity index (χ2v) is 10.9. The molecular formula is C13H18Si. The van der Waals surface area contributed by atoms with Gasteiger partial charge in [0, 0.05) is 8.07 Å². The molecule has 0 amide bonds. The predicted molar refractivity (Wildman–Crippen MR) is 66.3 cm³/mol. The lowest BCUT2D eigenvalue weighted by Crippen LogP contribution is -2.19. The molecule has 1 aromatic rings. The first-order chi connectivity index (χ1) is 6.54. The highest BCUT2D eigenvalue weighted by Crippen LogP contribution is 2.29. The van der Waals surface area contributed by atoms with Crippen molar-refractivity contribution in [3.05, 3.63) is 41.0 Å². The number of rotatable bonds is 2. The molecule has 74 valence electrons. The fraction of sp³-hybridized carbons (Fsp3) is 0.385. The summed E-state index contributed by atoms with van der Waals surface area (Å²) in [6, 6.07) is 10.1. The molecule has 0 nitrogen and oxygen atoms in total. The van der Waals surface area contributed by atoms with Gasteiger partial charge in [-0.2, -0.15) is 0 Å². The molecule has 0 saturated heterocycles. The van der Waals surface area contributed by atoms with Crippen molar-refractivity contribution >= 4 is 14.1 Å². The summed E-state index contributed by atoms with van der Waals surface area (Å²) in [5.41, 5.74) is 4.60. The molecular weight excluding hydrogens is 184 g/mol. The number of benzene rings is 1. The van der Waals surface area contributed by atoms with Crippen LogP contribution in [0.25, 0.3) is 6.08 Å². The van der Waals surface area contributed by atoms with Gasteiger partial charge in [0.2, 0.25) is 0 Å². The van der Waals surface area contributed by atoms with Crippen LogP contribution in [-0.4, -0.2) is 8.07 Å². The average Bonchev–Trinajstić information content (AvgIpc) is 2.42. The summed E-state index contributed by atoms with van der Waals surface area (Å²) in [4.78, 5) is 0. The van der Waals surface area contributed by atoms with Crippen LogP contribution in [-0.2, 0) is 6.42 Å². The Bertz CT molecular complexity index is 369. The largest absolute Gasteiger partial charge is 0.0693 e. The van der Waals surface area contributed by atoms with Gasteiger partial charge < -0.3 is 0 Å². The fourth-order valence-electron chi connectivity index (χ4n) is 2.15. The van der Waals surface area contributed by atoms with Crippen molar-refractivity contribution in [3.8, 4) is 0 Å². The van der Waals surface area contributed by atoms with E-state index in [1.54, 1.807) is 5.57 Å². The molecule has 0 heterocycles. The van der Waals surface area contributed by atoms with Crippen LogP contribution < -0.4 is 0 Å². The Kier molecular flexibility index (Phi) is 2.36. The summed E-state index contributed by atoms with van der Waals surface area (Å²) in [7, 11) is -0.930. The Morgan fingerprint density at radius 2 is 1.86 bits per heavy atom. The van der Waals surface area contributed by atoms with E-state index in [9.17, 15) is 0 Å². The van der Waals surface area contributed by atoms with Crippen LogP contribution >= 0.6 is 0 Å². The quantitative estimate of drug-likeness (QED) is 0.637. The third-order valence-corrected chi connectivity index (χ3v) is 4.10. The molecule has 1 aliphatic carbocycles. The van der Waals surface area contributed by atoms with Gasteiger partial charge in [-0.15, -0.1) is 0 Å². The number of allylic oxidation sites excluding steroid dienone is 1. The van der Waals surface area contributed by atoms with E-state index in [1.807, 2.05) is 0 Å². The Labute approximate surface area is 87.7 Å². The first-order valence-electron chi connectivity index (χ1n) is 5.32. The van der Waals surface area contributed by atoms with Crippen molar-refractivity contribution in [1.29, 1.82) is 0 Å². The molecule has 0 spiro atoms. The zero-order valence-corrected chi connectivity index (χ0v) is 10.3. The molecule has 0 unspecified atom stereocenters. The summed E-state index contributed by atoms with van der Waals surface area (Å²) in [6.45, 7) is 7.32. The molecule has 1 heteroatoms. The molecule has 0 atom stereocenters. The molecule has 2 rings (SSSR count). The summed E-state index contributed by atoms with van der Waals surface area (Å²) in [6.07, 6.45) is 3.59. The van der Waals surface area contributed by atoms with Crippen LogP contribution in [0.3, 0.4) is 0 Å². The molecule has 0 aliphatic heterocycles. The predicted octanol–water partition coefficient (Wildman–Crippen LogP) is 3.96. The third-order valence-electron chi connectivity index (χ3n) is 2.59. The molecule has 0 bridgehead atoms. The van der Waals surface area contributed by atoms with E-state index in [0.717, 1.165) is 0 Å². The fourth-order valence-corrected chi connectivity index (χ4v) is 3.74. The molecule has 14 heavy (non-hydrogen) atoms. The first-order valence-corrected chi connectivity index (χ1v) is 9.03. The van der Waals surface area contributed by atoms with E-state index < -0.39 is 8.07 Å². The molecule has 0 N–H and O–H groups in total. The van der Waals surface area contributed by atoms with Gasteiger partial charge >= 0.3 is 0 Å². The highest BCUT2D eigenvalue weighted by molar-refractivity contribution is 6.76. The van der Waals surface area contributed by atoms with Gasteiger partial charge in [0.25, 0.3) is 0 Å². The van der Waals surface area contributed by atoms with Crippen LogP contribution in [0.4, 0.5) is 0 Å². The van der Waals surface area contributed by atoms with Gasteiger partial charge in [0.1, 0.15) is 0 Å². The Hall–Kier alpha value is -0.823. The average molecular weight is 202 g/mol. The third kappa shape index (κ3) is 2.15. The smallest absolute Gasteiger partial charge is 0.0483 e. The summed E-state index contributed by atoms with van der Waals surface area (Å²) in [5.74, 6) is 0. The summed E-state index contributed by atoms with van der Waals surface area (Å²) in [5, 5.41) is 0. The van der Waals surface area contributed by atoms with Gasteiger partial charge in [-0.25, -0.2) is 0 Å². The Morgan fingerprint density at radius 3 is 2.50 bits per heavy atom. The lowest BCUT2D eigenvalue weighted by molar-refractivity contribution is 1.17. The van der Waals surface area contributed by atoms with Gasteiger partial charge in [0.05, 0.1) is 0 Å². The minimum Gasteiger partial charge on any atom is -0.0693 e. The molecule has 1 aliphatic rings. The van der Waals surface area contributed by atoms with Crippen LogP contribution in [0.2, 0.25) is 25.7 Å². The number of fused-ring (bicyclic) bond motifs is 1. The SMILES string of the molecule is C[Si](C)(C)CC1=Cc2ccccc2C1. The Morgan fingerprint density at radius 1 is 1.14 bits per heavy atom. The summed E-state index contributed by atoms with van der Waals surface area (Å²) < 4.78 is 0. The monoisotopic (exact) mass is 202 g/mol. The minimum absolute atomic E-state index is 0.930. The van der Waals surface area contributed by atoms with Crippen molar-refractivity contribution < 1.29 is 0 Å². The molecule has 0 saturated carbocycles. The molecule has 1 aromatic carbocycles. The normalized spacial score (nSPS) is 15.2. The number of hydrogen-bond donors (Lipinski definition) is 0. The van der Waals surface area contributed by atoms with Gasteiger partial charge in [-0.1, -0.05) is 55.6 Å². The van der Waals surface area contributed by atoms with Crippen LogP contribution in [0.15, 0.2) is 29.8 Å². The maximum absolute atomic E-state index is 2.44. The van der Waals surface area contributed by atoms with Crippen molar-refractivity contribution in [3.63, 3.8) is 0 Å². The minimum atomic E-state index is -0.930. The topological polar surface area (TPSA) is 0 Å². The Balaban J connectivity index is 2.16. The lowest BCUT2D eigenvalue weighted by Gasteiger charge is -2.16. The summed E-state index contributed by atoms with van der Waals surface area (Å²) >= 11 is 0. The highest BCUT2D eigenvalue weighted by atomic mass is 28.3. The van der Waals surface area contributed by atoms with Gasteiger partial charge in [0.15, 0.2) is 0 Å². The zero-order chi connectivity index (χ0) is 10.2. The van der Waals surface area contributed by atoms with Gasteiger partial charge in [-0.3, -0.25) is 0 Å². The first kappa shape index (κ1) is 9.72. The van der Waals surface area contributed by atoms with E-state index in [1.165, 1.54) is 23.6 Å². The maximum atomic E-state index is 2.44. The van der Waals surface area contributed by atoms with E-state index in [2.05, 4.69) is 50.0 Å². The highest BCUT2D eigenvalue weighted by Gasteiger charge is 2.19. The van der Waals surface area contributed by atoms with Crippen molar-refractivity contribution in [2.45, 2.75) is 32.1 Å². The van der Waals surface area contributed by atoms with Gasteiger partial charge in [-0.05, 0) is 23.6 Å².